The Kier molecular flexibility index (Phi) is 2.11. The molecule has 2 heterocycles. The van der Waals surface area contributed by atoms with E-state index in [0.29, 0.717) is 5.82 Å². The van der Waals surface area contributed by atoms with E-state index in [1.165, 1.54) is 0 Å². The van der Waals surface area contributed by atoms with Crippen molar-refractivity contribution in [2.75, 3.05) is 5.73 Å². The second-order valence-electron chi connectivity index (χ2n) is 3.57. The van der Waals surface area contributed by atoms with Crippen LogP contribution in [0.3, 0.4) is 0 Å². The van der Waals surface area contributed by atoms with Crippen molar-refractivity contribution in [1.82, 2.24) is 25.2 Å². The number of nitrogens with two attached hydrogens (primary N) is 1. The first-order valence-electron chi connectivity index (χ1n) is 5.11. The Morgan fingerprint density at radius 3 is 2.82 bits per heavy atom. The minimum absolute atomic E-state index is 0.466. The number of aromatic nitrogens is 5. The van der Waals surface area contributed by atoms with Crippen LogP contribution in [-0.4, -0.2) is 25.2 Å². The smallest absolute Gasteiger partial charge is 0.145 e. The van der Waals surface area contributed by atoms with E-state index in [1.54, 1.807) is 23.1 Å². The predicted molar refractivity (Wildman–Crippen MR) is 63.4 cm³/mol. The second-order valence-corrected chi connectivity index (χ2v) is 3.57. The van der Waals surface area contributed by atoms with Crippen LogP contribution in [0, 0.1) is 0 Å². The number of nitrogens with zero attached hydrogens (tertiary/aromatic N) is 4. The number of rotatable bonds is 2. The van der Waals surface area contributed by atoms with Crippen LogP contribution in [0.1, 0.15) is 0 Å². The van der Waals surface area contributed by atoms with Gasteiger partial charge in [-0.25, -0.2) is 4.68 Å². The summed E-state index contributed by atoms with van der Waals surface area (Å²) in [6.45, 7) is 0. The van der Waals surface area contributed by atoms with Crippen molar-refractivity contribution in [3.05, 3.63) is 42.7 Å². The van der Waals surface area contributed by atoms with E-state index in [1.807, 2.05) is 24.3 Å². The van der Waals surface area contributed by atoms with E-state index >= 15 is 0 Å². The van der Waals surface area contributed by atoms with Gasteiger partial charge >= 0.3 is 0 Å². The molecule has 0 aliphatic rings. The van der Waals surface area contributed by atoms with Gasteiger partial charge in [-0.15, -0.1) is 5.10 Å². The average Bonchev–Trinajstić information content (AvgIpc) is 3.00. The lowest BCUT2D eigenvalue weighted by Gasteiger charge is -2.06. The highest BCUT2D eigenvalue weighted by molar-refractivity contribution is 5.71. The first kappa shape index (κ1) is 9.59. The normalized spacial score (nSPS) is 10.6. The van der Waals surface area contributed by atoms with Crippen molar-refractivity contribution >= 4 is 5.82 Å². The molecule has 0 saturated carbocycles. The predicted octanol–water partition coefficient (Wildman–Crippen LogP) is 1.24. The Balaban J connectivity index is 2.17. The Hall–Kier alpha value is -2.63. The number of nitrogens with one attached hydrogen (secondary N) is 1. The van der Waals surface area contributed by atoms with E-state index in [-0.39, 0.29) is 0 Å². The van der Waals surface area contributed by atoms with Crippen LogP contribution in [0.2, 0.25) is 0 Å². The van der Waals surface area contributed by atoms with Gasteiger partial charge in [-0.3, -0.25) is 5.10 Å². The number of anilines is 1. The largest absolute Gasteiger partial charge is 0.382 e. The molecule has 0 radical (unpaired) electrons. The van der Waals surface area contributed by atoms with Crippen molar-refractivity contribution in [1.29, 1.82) is 0 Å². The molecule has 0 saturated heterocycles. The number of nitrogen functional groups attached to an aromatic ring is 1. The highest BCUT2D eigenvalue weighted by atomic mass is 15.4. The number of hydrogen-bond acceptors (Lipinski definition) is 4. The third-order valence-electron chi connectivity index (χ3n) is 2.46. The maximum absolute atomic E-state index is 5.61. The Morgan fingerprint density at radius 2 is 2.12 bits per heavy atom. The van der Waals surface area contributed by atoms with Crippen molar-refractivity contribution in [3.63, 3.8) is 0 Å². The highest BCUT2D eigenvalue weighted by Crippen LogP contribution is 2.25. The van der Waals surface area contributed by atoms with E-state index in [2.05, 4.69) is 20.5 Å². The summed E-state index contributed by atoms with van der Waals surface area (Å²) in [5.41, 5.74) is 8.36. The molecule has 0 amide bonds. The number of para-hydroxylation sites is 1. The van der Waals surface area contributed by atoms with Crippen molar-refractivity contribution in [3.8, 4) is 16.9 Å². The fourth-order valence-electron chi connectivity index (χ4n) is 1.71. The lowest BCUT2D eigenvalue weighted by molar-refractivity contribution is 0.804. The minimum atomic E-state index is 0.466. The second kappa shape index (κ2) is 3.75. The zero-order chi connectivity index (χ0) is 11.7. The van der Waals surface area contributed by atoms with Gasteiger partial charge in [0.1, 0.15) is 5.82 Å². The van der Waals surface area contributed by atoms with Crippen molar-refractivity contribution < 1.29 is 0 Å². The molecule has 0 aliphatic heterocycles. The van der Waals surface area contributed by atoms with Crippen LogP contribution in [0.25, 0.3) is 16.9 Å². The third-order valence-corrected chi connectivity index (χ3v) is 2.46. The third kappa shape index (κ3) is 1.65. The number of hydrogen-bond donors (Lipinski definition) is 2. The number of aromatic amines is 1. The average molecular weight is 226 g/mol. The summed E-state index contributed by atoms with van der Waals surface area (Å²) >= 11 is 0. The molecule has 6 nitrogen and oxygen atoms in total. The molecule has 0 aliphatic carbocycles. The van der Waals surface area contributed by atoms with Gasteiger partial charge in [0.05, 0.1) is 23.8 Å². The Morgan fingerprint density at radius 1 is 1.24 bits per heavy atom. The maximum atomic E-state index is 5.61. The van der Waals surface area contributed by atoms with Crippen LogP contribution < -0.4 is 5.73 Å². The van der Waals surface area contributed by atoms with E-state index in [9.17, 15) is 0 Å². The molecule has 17 heavy (non-hydrogen) atoms. The maximum Gasteiger partial charge on any atom is 0.145 e. The van der Waals surface area contributed by atoms with Gasteiger partial charge in [0.25, 0.3) is 0 Å². The quantitative estimate of drug-likeness (QED) is 0.688. The molecule has 3 aromatic rings. The number of benzene rings is 1. The molecule has 0 atom stereocenters. The molecular weight excluding hydrogens is 216 g/mol. The summed E-state index contributed by atoms with van der Waals surface area (Å²) in [6, 6.07) is 9.62. The zero-order valence-electron chi connectivity index (χ0n) is 8.91. The van der Waals surface area contributed by atoms with Gasteiger partial charge in [-0.1, -0.05) is 23.4 Å². The SMILES string of the molecule is Nc1cc(-c2ccccc2-n2ccnn2)[nH]n1. The van der Waals surface area contributed by atoms with Crippen LogP contribution in [0.4, 0.5) is 5.82 Å². The molecular formula is C11H10N6. The van der Waals surface area contributed by atoms with Crippen LogP contribution in [-0.2, 0) is 0 Å². The Bertz CT molecular complexity index is 625. The van der Waals surface area contributed by atoms with Gasteiger partial charge in [0.2, 0.25) is 0 Å². The summed E-state index contributed by atoms with van der Waals surface area (Å²) in [5, 5.41) is 14.6. The van der Waals surface area contributed by atoms with Crippen molar-refractivity contribution in [2.45, 2.75) is 0 Å². The first-order chi connectivity index (χ1) is 8.34. The summed E-state index contributed by atoms with van der Waals surface area (Å²) in [5.74, 6) is 0.466. The lowest BCUT2D eigenvalue weighted by atomic mass is 10.1. The molecule has 0 spiro atoms. The summed E-state index contributed by atoms with van der Waals surface area (Å²) in [6.07, 6.45) is 3.43. The van der Waals surface area contributed by atoms with Gasteiger partial charge in [-0.2, -0.15) is 5.10 Å². The van der Waals surface area contributed by atoms with E-state index in [0.717, 1.165) is 16.9 Å². The van der Waals surface area contributed by atoms with E-state index in [4.69, 9.17) is 5.73 Å². The van der Waals surface area contributed by atoms with Crippen LogP contribution in [0.15, 0.2) is 42.7 Å². The standard InChI is InChI=1S/C11H10N6/c12-11-7-9(14-15-11)8-3-1-2-4-10(8)17-6-5-13-16-17/h1-7H,(H3,12,14,15). The molecule has 3 rings (SSSR count). The Labute approximate surface area is 97.1 Å². The lowest BCUT2D eigenvalue weighted by Crippen LogP contribution is -1.97. The monoisotopic (exact) mass is 226 g/mol. The molecule has 3 N–H and O–H groups in total. The molecule has 0 fully saturated rings. The van der Waals surface area contributed by atoms with Crippen LogP contribution >= 0.6 is 0 Å². The molecule has 6 heteroatoms. The van der Waals surface area contributed by atoms with Crippen molar-refractivity contribution in [2.24, 2.45) is 0 Å². The minimum Gasteiger partial charge on any atom is -0.382 e. The first-order valence-corrected chi connectivity index (χ1v) is 5.11. The molecule has 84 valence electrons. The molecule has 0 bridgehead atoms. The summed E-state index contributed by atoms with van der Waals surface area (Å²) in [7, 11) is 0. The fourth-order valence-corrected chi connectivity index (χ4v) is 1.71. The highest BCUT2D eigenvalue weighted by Gasteiger charge is 2.08. The van der Waals surface area contributed by atoms with Crippen LogP contribution in [0.5, 0.6) is 0 Å². The molecule has 2 aromatic heterocycles. The summed E-state index contributed by atoms with van der Waals surface area (Å²) in [4.78, 5) is 0. The fraction of sp³-hybridized carbons (Fsp3) is 0. The van der Waals surface area contributed by atoms with Gasteiger partial charge in [0.15, 0.2) is 0 Å². The van der Waals surface area contributed by atoms with Gasteiger partial charge in [0, 0.05) is 11.6 Å². The summed E-state index contributed by atoms with van der Waals surface area (Å²) < 4.78 is 1.70. The molecule has 0 unspecified atom stereocenters. The topological polar surface area (TPSA) is 85.4 Å². The number of H-pyrrole nitrogens is 1. The van der Waals surface area contributed by atoms with Gasteiger partial charge < -0.3 is 5.73 Å². The zero-order valence-corrected chi connectivity index (χ0v) is 8.91. The molecule has 1 aromatic carbocycles. The van der Waals surface area contributed by atoms with Gasteiger partial charge in [-0.05, 0) is 6.07 Å². The van der Waals surface area contributed by atoms with E-state index < -0.39 is 0 Å².